The molecule has 5 nitrogen and oxygen atoms in total. The van der Waals surface area contributed by atoms with Gasteiger partial charge in [-0.2, -0.15) is 0 Å². The molecule has 1 amide bonds. The van der Waals surface area contributed by atoms with Crippen LogP contribution in [0.5, 0.6) is 0 Å². The number of para-hydroxylation sites is 2. The summed E-state index contributed by atoms with van der Waals surface area (Å²) in [4.78, 5) is 32.9. The molecule has 0 radical (unpaired) electrons. The molecule has 1 heterocycles. The van der Waals surface area contributed by atoms with Crippen LogP contribution in [-0.2, 0) is 5.75 Å². The van der Waals surface area contributed by atoms with Gasteiger partial charge in [-0.05, 0) is 55.5 Å². The Hall–Kier alpha value is -3.38. The normalized spacial score (nSPS) is 10.8. The molecule has 1 aromatic heterocycles. The van der Waals surface area contributed by atoms with Gasteiger partial charge in [0.1, 0.15) is 5.69 Å². The van der Waals surface area contributed by atoms with Crippen LogP contribution in [0.2, 0.25) is 0 Å². The third-order valence-corrected chi connectivity index (χ3v) is 5.46. The van der Waals surface area contributed by atoms with E-state index in [-0.39, 0.29) is 11.5 Å². The Labute approximate surface area is 172 Å². The Morgan fingerprint density at radius 3 is 2.62 bits per heavy atom. The third kappa shape index (κ3) is 4.55. The molecule has 0 atom stereocenters. The zero-order valence-corrected chi connectivity index (χ0v) is 16.6. The van der Waals surface area contributed by atoms with Crippen molar-refractivity contribution in [1.82, 2.24) is 9.97 Å². The van der Waals surface area contributed by atoms with E-state index in [2.05, 4.69) is 15.3 Å². The summed E-state index contributed by atoms with van der Waals surface area (Å²) in [5.74, 6) is 0.329. The summed E-state index contributed by atoms with van der Waals surface area (Å²) in [6.45, 7) is 1.96. The van der Waals surface area contributed by atoms with E-state index in [0.717, 1.165) is 27.2 Å². The number of carbonyl (C=O) groups is 1. The maximum absolute atomic E-state index is 12.3. The summed E-state index contributed by atoms with van der Waals surface area (Å²) in [6, 6.07) is 22.5. The number of amides is 1. The molecule has 144 valence electrons. The van der Waals surface area contributed by atoms with E-state index in [4.69, 9.17) is 0 Å². The van der Waals surface area contributed by atoms with Crippen LogP contribution in [-0.4, -0.2) is 15.9 Å². The summed E-state index contributed by atoms with van der Waals surface area (Å²) in [5.41, 5.74) is 4.23. The molecule has 0 saturated carbocycles. The van der Waals surface area contributed by atoms with Gasteiger partial charge in [-0.1, -0.05) is 29.8 Å². The smallest absolute Gasteiger partial charge is 0.271 e. The van der Waals surface area contributed by atoms with E-state index in [1.165, 1.54) is 11.8 Å². The lowest BCUT2D eigenvalue weighted by atomic mass is 10.1. The van der Waals surface area contributed by atoms with Crippen molar-refractivity contribution in [1.29, 1.82) is 0 Å². The fourth-order valence-electron chi connectivity index (χ4n) is 2.94. The molecule has 0 unspecified atom stereocenters. The lowest BCUT2D eigenvalue weighted by molar-refractivity contribution is 0.102. The van der Waals surface area contributed by atoms with Crippen molar-refractivity contribution in [2.24, 2.45) is 0 Å². The average Bonchev–Trinajstić information content (AvgIpc) is 2.73. The maximum atomic E-state index is 12.3. The SMILES string of the molecule is Cc1cccc(C(=O)Nc2ccc(SCc3nc4ccccc4[nH]c3=O)cc2)c1. The molecule has 6 heteroatoms. The van der Waals surface area contributed by atoms with Crippen LogP contribution in [0.1, 0.15) is 21.6 Å². The first kappa shape index (κ1) is 19.0. The van der Waals surface area contributed by atoms with Crippen molar-refractivity contribution in [2.45, 2.75) is 17.6 Å². The molecular weight excluding hydrogens is 382 g/mol. The highest BCUT2D eigenvalue weighted by atomic mass is 32.2. The standard InChI is InChI=1S/C23H19N3O2S/c1-15-5-4-6-16(13-15)22(27)24-17-9-11-18(12-10-17)29-14-21-23(28)26-20-8-3-2-7-19(20)25-21/h2-13H,14H2,1H3,(H,24,27)(H,26,28). The van der Waals surface area contributed by atoms with Crippen LogP contribution in [0.15, 0.2) is 82.5 Å². The zero-order valence-electron chi connectivity index (χ0n) is 15.8. The van der Waals surface area contributed by atoms with Gasteiger partial charge < -0.3 is 10.3 Å². The predicted molar refractivity (Wildman–Crippen MR) is 117 cm³/mol. The third-order valence-electron chi connectivity index (χ3n) is 4.44. The minimum atomic E-state index is -0.168. The Balaban J connectivity index is 1.41. The number of hydrogen-bond donors (Lipinski definition) is 2. The van der Waals surface area contributed by atoms with E-state index in [0.29, 0.717) is 17.0 Å². The number of nitrogens with one attached hydrogen (secondary N) is 2. The number of carbonyl (C=O) groups excluding carboxylic acids is 1. The molecule has 4 aromatic rings. The predicted octanol–water partition coefficient (Wildman–Crippen LogP) is 4.78. The largest absolute Gasteiger partial charge is 0.322 e. The van der Waals surface area contributed by atoms with E-state index < -0.39 is 0 Å². The van der Waals surface area contributed by atoms with E-state index in [1.54, 1.807) is 6.07 Å². The van der Waals surface area contributed by atoms with Gasteiger partial charge in [0, 0.05) is 21.9 Å². The minimum Gasteiger partial charge on any atom is -0.322 e. The first-order valence-electron chi connectivity index (χ1n) is 9.17. The van der Waals surface area contributed by atoms with Gasteiger partial charge in [0.25, 0.3) is 11.5 Å². The molecule has 4 rings (SSSR count). The summed E-state index contributed by atoms with van der Waals surface area (Å²) >= 11 is 1.53. The number of aryl methyl sites for hydroxylation is 1. The second-order valence-corrected chi connectivity index (χ2v) is 7.72. The van der Waals surface area contributed by atoms with Gasteiger partial charge in [0.2, 0.25) is 0 Å². The molecular formula is C23H19N3O2S. The Morgan fingerprint density at radius 2 is 1.83 bits per heavy atom. The lowest BCUT2D eigenvalue weighted by Crippen LogP contribution is -2.14. The zero-order chi connectivity index (χ0) is 20.2. The highest BCUT2D eigenvalue weighted by Gasteiger charge is 2.08. The van der Waals surface area contributed by atoms with Crippen molar-refractivity contribution in [2.75, 3.05) is 5.32 Å². The molecule has 0 saturated heterocycles. The number of anilines is 1. The van der Waals surface area contributed by atoms with Crippen LogP contribution < -0.4 is 10.9 Å². The summed E-state index contributed by atoms with van der Waals surface area (Å²) in [6.07, 6.45) is 0. The van der Waals surface area contributed by atoms with Gasteiger partial charge >= 0.3 is 0 Å². The van der Waals surface area contributed by atoms with Crippen LogP contribution in [0.25, 0.3) is 11.0 Å². The average molecular weight is 401 g/mol. The van der Waals surface area contributed by atoms with Crippen molar-refractivity contribution < 1.29 is 4.79 Å². The Morgan fingerprint density at radius 1 is 1.03 bits per heavy atom. The number of aromatic amines is 1. The number of nitrogens with zero attached hydrogens (tertiary/aromatic N) is 1. The number of hydrogen-bond acceptors (Lipinski definition) is 4. The van der Waals surface area contributed by atoms with Crippen molar-refractivity contribution in [3.05, 3.63) is 100.0 Å². The summed E-state index contributed by atoms with van der Waals surface area (Å²) < 4.78 is 0. The number of H-pyrrole nitrogens is 1. The summed E-state index contributed by atoms with van der Waals surface area (Å²) in [7, 11) is 0. The van der Waals surface area contributed by atoms with Gasteiger partial charge in [0.05, 0.1) is 11.0 Å². The van der Waals surface area contributed by atoms with Gasteiger partial charge in [-0.25, -0.2) is 4.98 Å². The van der Waals surface area contributed by atoms with Gasteiger partial charge in [-0.3, -0.25) is 9.59 Å². The molecule has 0 fully saturated rings. The quantitative estimate of drug-likeness (QED) is 0.472. The number of benzene rings is 3. The van der Waals surface area contributed by atoms with Crippen molar-refractivity contribution in [3.8, 4) is 0 Å². The van der Waals surface area contributed by atoms with Crippen molar-refractivity contribution >= 4 is 34.4 Å². The monoisotopic (exact) mass is 401 g/mol. The molecule has 29 heavy (non-hydrogen) atoms. The highest BCUT2D eigenvalue weighted by Crippen LogP contribution is 2.23. The maximum Gasteiger partial charge on any atom is 0.271 e. The van der Waals surface area contributed by atoms with E-state index in [1.807, 2.05) is 73.7 Å². The number of fused-ring (bicyclic) bond motifs is 1. The number of rotatable bonds is 5. The topological polar surface area (TPSA) is 74.8 Å². The fraction of sp³-hybridized carbons (Fsp3) is 0.0870. The van der Waals surface area contributed by atoms with Crippen LogP contribution >= 0.6 is 11.8 Å². The first-order chi connectivity index (χ1) is 14.1. The Bertz CT molecular complexity index is 1230. The Kier molecular flexibility index (Phi) is 5.44. The molecule has 0 spiro atoms. The highest BCUT2D eigenvalue weighted by molar-refractivity contribution is 7.98. The molecule has 0 aliphatic heterocycles. The fourth-order valence-corrected chi connectivity index (χ4v) is 3.77. The molecule has 3 aromatic carbocycles. The van der Waals surface area contributed by atoms with E-state index >= 15 is 0 Å². The van der Waals surface area contributed by atoms with Crippen LogP contribution in [0.3, 0.4) is 0 Å². The second kappa shape index (κ2) is 8.32. The number of aromatic nitrogens is 2. The molecule has 2 N–H and O–H groups in total. The minimum absolute atomic E-state index is 0.138. The first-order valence-corrected chi connectivity index (χ1v) is 10.2. The van der Waals surface area contributed by atoms with Crippen LogP contribution in [0, 0.1) is 6.92 Å². The van der Waals surface area contributed by atoms with Gasteiger partial charge in [0.15, 0.2) is 0 Å². The van der Waals surface area contributed by atoms with Gasteiger partial charge in [-0.15, -0.1) is 11.8 Å². The second-order valence-electron chi connectivity index (χ2n) is 6.67. The van der Waals surface area contributed by atoms with Crippen molar-refractivity contribution in [3.63, 3.8) is 0 Å². The number of thioether (sulfide) groups is 1. The van der Waals surface area contributed by atoms with E-state index in [9.17, 15) is 9.59 Å². The molecule has 0 aliphatic carbocycles. The lowest BCUT2D eigenvalue weighted by Gasteiger charge is -2.07. The van der Waals surface area contributed by atoms with Crippen LogP contribution in [0.4, 0.5) is 5.69 Å². The summed E-state index contributed by atoms with van der Waals surface area (Å²) in [5, 5.41) is 2.90. The molecule has 0 aliphatic rings. The molecule has 0 bridgehead atoms.